The normalized spacial score (nSPS) is 11.5. The van der Waals surface area contributed by atoms with Crippen LogP contribution in [0.3, 0.4) is 0 Å². The molecule has 0 aliphatic heterocycles. The molecule has 1 amide bonds. The lowest BCUT2D eigenvalue weighted by Crippen LogP contribution is -2.19. The second-order valence-electron chi connectivity index (χ2n) is 4.76. The molecule has 116 valence electrons. The van der Waals surface area contributed by atoms with Crippen molar-refractivity contribution in [1.29, 1.82) is 0 Å². The first-order valence-corrected chi connectivity index (χ1v) is 7.57. The first kappa shape index (κ1) is 15.2. The van der Waals surface area contributed by atoms with Gasteiger partial charge in [-0.3, -0.25) is 4.79 Å². The van der Waals surface area contributed by atoms with Gasteiger partial charge in [0.1, 0.15) is 18.3 Å². The number of rotatable bonds is 4. The highest BCUT2D eigenvalue weighted by Gasteiger charge is 2.07. The van der Waals surface area contributed by atoms with Gasteiger partial charge in [-0.25, -0.2) is 15.1 Å². The van der Waals surface area contributed by atoms with Crippen LogP contribution in [0.4, 0.5) is 0 Å². The average Bonchev–Trinajstić information content (AvgIpc) is 3.24. The van der Waals surface area contributed by atoms with Gasteiger partial charge in [0.05, 0.1) is 11.4 Å². The molecule has 0 bridgehead atoms. The van der Waals surface area contributed by atoms with Crippen molar-refractivity contribution in [3.05, 3.63) is 64.9 Å². The molecule has 0 atom stereocenters. The van der Waals surface area contributed by atoms with E-state index in [0.717, 1.165) is 15.7 Å². The third kappa shape index (κ3) is 3.54. The number of nitrogens with one attached hydrogen (secondary N) is 2. The summed E-state index contributed by atoms with van der Waals surface area (Å²) in [7, 11) is 0. The molecule has 0 radical (unpaired) electrons. The Hall–Kier alpha value is -2.74. The van der Waals surface area contributed by atoms with Crippen LogP contribution in [-0.2, 0) is 0 Å². The fraction of sp³-hybridized carbons (Fsp3) is 0.0667. The number of nitrogens with zero attached hydrogens (tertiary/aromatic N) is 4. The van der Waals surface area contributed by atoms with Crippen LogP contribution in [0.1, 0.15) is 23.0 Å². The maximum Gasteiger partial charge on any atom is 0.287 e. The fourth-order valence-electron chi connectivity index (χ4n) is 1.96. The molecular formula is C15H13BrN6O. The predicted octanol–water partition coefficient (Wildman–Crippen LogP) is 2.51. The highest BCUT2D eigenvalue weighted by molar-refractivity contribution is 9.10. The van der Waals surface area contributed by atoms with Gasteiger partial charge in [-0.05, 0) is 46.6 Å². The van der Waals surface area contributed by atoms with E-state index in [1.807, 2.05) is 31.2 Å². The molecule has 0 saturated carbocycles. The molecule has 3 rings (SSSR count). The van der Waals surface area contributed by atoms with E-state index < -0.39 is 0 Å². The zero-order chi connectivity index (χ0) is 16.2. The average molecular weight is 373 g/mol. The first-order valence-electron chi connectivity index (χ1n) is 6.77. The Morgan fingerprint density at radius 3 is 2.74 bits per heavy atom. The molecule has 7 nitrogen and oxygen atoms in total. The Kier molecular flexibility index (Phi) is 4.33. The zero-order valence-corrected chi connectivity index (χ0v) is 13.8. The summed E-state index contributed by atoms with van der Waals surface area (Å²) in [5.74, 6) is -0.297. The summed E-state index contributed by atoms with van der Waals surface area (Å²) in [6, 6.07) is 9.33. The lowest BCUT2D eigenvalue weighted by Gasteiger charge is -2.04. The Bertz CT molecular complexity index is 835. The molecule has 0 saturated heterocycles. The van der Waals surface area contributed by atoms with E-state index in [1.165, 1.54) is 6.33 Å². The van der Waals surface area contributed by atoms with Gasteiger partial charge in [-0.2, -0.15) is 10.2 Å². The number of benzene rings is 1. The molecular weight excluding hydrogens is 360 g/mol. The number of H-pyrrole nitrogens is 1. The molecule has 0 aliphatic carbocycles. The van der Waals surface area contributed by atoms with E-state index in [1.54, 1.807) is 23.3 Å². The van der Waals surface area contributed by atoms with E-state index >= 15 is 0 Å². The molecule has 0 unspecified atom stereocenters. The second-order valence-corrected chi connectivity index (χ2v) is 5.67. The molecule has 8 heteroatoms. The SMILES string of the molecule is C/C(=N/NC(=O)c1cc(Br)c[nH]1)c1ccc(-n2cncn2)cc1. The van der Waals surface area contributed by atoms with Crippen LogP contribution in [0.5, 0.6) is 0 Å². The lowest BCUT2D eigenvalue weighted by molar-refractivity contribution is 0.0950. The standard InChI is InChI=1S/C15H13BrN6O/c1-10(20-21-15(23)14-6-12(16)7-18-14)11-2-4-13(5-3-11)22-9-17-8-19-22/h2-9,18H,1H3,(H,21,23)/b20-10-. The number of hydrogen-bond acceptors (Lipinski definition) is 4. The lowest BCUT2D eigenvalue weighted by atomic mass is 10.1. The van der Waals surface area contributed by atoms with Crippen molar-refractivity contribution in [3.8, 4) is 5.69 Å². The Morgan fingerprint density at radius 2 is 2.13 bits per heavy atom. The molecule has 1 aromatic carbocycles. The van der Waals surface area contributed by atoms with Gasteiger partial charge in [0, 0.05) is 10.7 Å². The van der Waals surface area contributed by atoms with Crippen LogP contribution >= 0.6 is 15.9 Å². The third-order valence-corrected chi connectivity index (χ3v) is 3.64. The van der Waals surface area contributed by atoms with Gasteiger partial charge >= 0.3 is 0 Å². The van der Waals surface area contributed by atoms with E-state index in [4.69, 9.17) is 0 Å². The summed E-state index contributed by atoms with van der Waals surface area (Å²) in [4.78, 5) is 18.7. The highest BCUT2D eigenvalue weighted by atomic mass is 79.9. The number of aromatic nitrogens is 4. The monoisotopic (exact) mass is 372 g/mol. The topological polar surface area (TPSA) is 88.0 Å². The minimum absolute atomic E-state index is 0.297. The summed E-state index contributed by atoms with van der Waals surface area (Å²) in [6.45, 7) is 1.83. The van der Waals surface area contributed by atoms with Gasteiger partial charge in [-0.1, -0.05) is 12.1 Å². The van der Waals surface area contributed by atoms with Gasteiger partial charge in [0.2, 0.25) is 0 Å². The maximum absolute atomic E-state index is 11.9. The molecule has 0 aliphatic rings. The van der Waals surface area contributed by atoms with Crippen LogP contribution < -0.4 is 5.43 Å². The Balaban J connectivity index is 1.70. The summed E-state index contributed by atoms with van der Waals surface area (Å²) in [6.07, 6.45) is 4.80. The quantitative estimate of drug-likeness (QED) is 0.544. The van der Waals surface area contributed by atoms with Crippen molar-refractivity contribution in [2.75, 3.05) is 0 Å². The molecule has 2 heterocycles. The van der Waals surface area contributed by atoms with Gasteiger partial charge < -0.3 is 4.98 Å². The highest BCUT2D eigenvalue weighted by Crippen LogP contribution is 2.11. The molecule has 2 aromatic heterocycles. The molecule has 0 spiro atoms. The summed E-state index contributed by atoms with van der Waals surface area (Å²) >= 11 is 3.28. The fourth-order valence-corrected chi connectivity index (χ4v) is 2.30. The van der Waals surface area contributed by atoms with E-state index in [0.29, 0.717) is 11.4 Å². The van der Waals surface area contributed by atoms with Crippen LogP contribution in [-0.4, -0.2) is 31.4 Å². The molecule has 3 aromatic rings. The molecule has 23 heavy (non-hydrogen) atoms. The number of amides is 1. The molecule has 2 N–H and O–H groups in total. The minimum Gasteiger partial charge on any atom is -0.356 e. The number of hydrogen-bond donors (Lipinski definition) is 2. The summed E-state index contributed by atoms with van der Waals surface area (Å²) in [5, 5.41) is 8.19. The van der Waals surface area contributed by atoms with Crippen molar-refractivity contribution < 1.29 is 4.79 Å². The number of aromatic amines is 1. The van der Waals surface area contributed by atoms with Crippen LogP contribution in [0, 0.1) is 0 Å². The van der Waals surface area contributed by atoms with Crippen molar-refractivity contribution in [1.82, 2.24) is 25.2 Å². The smallest absolute Gasteiger partial charge is 0.287 e. The van der Waals surface area contributed by atoms with Crippen molar-refractivity contribution >= 4 is 27.5 Å². The number of hydrazone groups is 1. The maximum atomic E-state index is 11.9. The predicted molar refractivity (Wildman–Crippen MR) is 89.5 cm³/mol. The number of halogens is 1. The second kappa shape index (κ2) is 6.57. The van der Waals surface area contributed by atoms with Crippen molar-refractivity contribution in [2.45, 2.75) is 6.92 Å². The number of carbonyl (C=O) groups excluding carboxylic acids is 1. The van der Waals surface area contributed by atoms with Crippen LogP contribution in [0.25, 0.3) is 5.69 Å². The first-order chi connectivity index (χ1) is 11.1. The summed E-state index contributed by atoms with van der Waals surface area (Å²) in [5.41, 5.74) is 5.47. The van der Waals surface area contributed by atoms with Gasteiger partial charge in [0.25, 0.3) is 5.91 Å². The summed E-state index contributed by atoms with van der Waals surface area (Å²) < 4.78 is 2.48. The van der Waals surface area contributed by atoms with Crippen molar-refractivity contribution in [3.63, 3.8) is 0 Å². The third-order valence-electron chi connectivity index (χ3n) is 3.19. The number of carbonyl (C=O) groups is 1. The van der Waals surface area contributed by atoms with Crippen LogP contribution in [0.15, 0.2) is 58.8 Å². The van der Waals surface area contributed by atoms with Crippen LogP contribution in [0.2, 0.25) is 0 Å². The Labute approximate surface area is 140 Å². The van der Waals surface area contributed by atoms with E-state index in [9.17, 15) is 4.79 Å². The van der Waals surface area contributed by atoms with Gasteiger partial charge in [-0.15, -0.1) is 0 Å². The van der Waals surface area contributed by atoms with Gasteiger partial charge in [0.15, 0.2) is 0 Å². The minimum atomic E-state index is -0.297. The Morgan fingerprint density at radius 1 is 1.35 bits per heavy atom. The van der Waals surface area contributed by atoms with E-state index in [2.05, 4.69) is 41.5 Å². The van der Waals surface area contributed by atoms with Crippen molar-refractivity contribution in [2.24, 2.45) is 5.10 Å². The molecule has 0 fully saturated rings. The van der Waals surface area contributed by atoms with E-state index in [-0.39, 0.29) is 5.91 Å². The zero-order valence-electron chi connectivity index (χ0n) is 12.2. The largest absolute Gasteiger partial charge is 0.356 e.